The smallest absolute Gasteiger partial charge is 0.238 e. The van der Waals surface area contributed by atoms with E-state index in [1.807, 2.05) is 0 Å². The molecule has 9 heteroatoms. The molecule has 1 fully saturated rings. The van der Waals surface area contributed by atoms with E-state index in [9.17, 15) is 9.59 Å². The molecule has 1 heterocycles. The summed E-state index contributed by atoms with van der Waals surface area (Å²) in [5, 5.41) is 6.64. The summed E-state index contributed by atoms with van der Waals surface area (Å²) in [6.07, 6.45) is 0. The average Bonchev–Trinajstić information content (AvgIpc) is 2.51. The number of piperazine rings is 1. The molecule has 24 heavy (non-hydrogen) atoms. The molecule has 2 rings (SSSR count). The van der Waals surface area contributed by atoms with Gasteiger partial charge in [-0.05, 0) is 19.2 Å². The van der Waals surface area contributed by atoms with Gasteiger partial charge in [0.2, 0.25) is 11.8 Å². The van der Waals surface area contributed by atoms with Crippen molar-refractivity contribution in [1.82, 2.24) is 15.1 Å². The number of rotatable bonds is 5. The number of carbonyl (C=O) groups is 2. The lowest BCUT2D eigenvalue weighted by molar-refractivity contribution is -0.133. The van der Waals surface area contributed by atoms with E-state index < -0.39 is 0 Å². The maximum atomic E-state index is 12.1. The fourth-order valence-electron chi connectivity index (χ4n) is 2.34. The number of hydrogen-bond donors (Lipinski definition) is 2. The molecule has 1 aliphatic heterocycles. The van der Waals surface area contributed by atoms with Crippen LogP contribution in [0.25, 0.3) is 0 Å². The monoisotopic (exact) mass is 394 g/mol. The van der Waals surface area contributed by atoms with Gasteiger partial charge in [0, 0.05) is 26.2 Å². The Morgan fingerprint density at radius 1 is 1.21 bits per heavy atom. The highest BCUT2D eigenvalue weighted by atomic mass is 35.5. The van der Waals surface area contributed by atoms with Crippen molar-refractivity contribution < 1.29 is 9.59 Å². The molecule has 0 aliphatic carbocycles. The number of benzene rings is 1. The summed E-state index contributed by atoms with van der Waals surface area (Å²) in [5.74, 6) is -0.242. The first-order valence-electron chi connectivity index (χ1n) is 7.38. The Balaban J connectivity index is 0.00000288. The lowest BCUT2D eigenvalue weighted by Crippen LogP contribution is -2.49. The van der Waals surface area contributed by atoms with Gasteiger partial charge in [0.25, 0.3) is 0 Å². The second-order valence-electron chi connectivity index (χ2n) is 5.45. The molecule has 1 aliphatic rings. The van der Waals surface area contributed by atoms with E-state index in [-0.39, 0.29) is 37.3 Å². The molecular formula is C15H21Cl3N4O2. The van der Waals surface area contributed by atoms with Crippen LogP contribution in [0.4, 0.5) is 5.69 Å². The third-order valence-corrected chi connectivity index (χ3v) is 4.15. The first-order chi connectivity index (χ1) is 11.0. The van der Waals surface area contributed by atoms with Crippen LogP contribution in [0.2, 0.25) is 10.0 Å². The van der Waals surface area contributed by atoms with Gasteiger partial charge in [-0.15, -0.1) is 12.4 Å². The summed E-state index contributed by atoms with van der Waals surface area (Å²) in [6, 6.07) is 5.01. The highest BCUT2D eigenvalue weighted by Gasteiger charge is 2.19. The van der Waals surface area contributed by atoms with Gasteiger partial charge in [-0.2, -0.15) is 0 Å². The number of hydrogen-bond acceptors (Lipinski definition) is 4. The maximum Gasteiger partial charge on any atom is 0.238 e. The minimum atomic E-state index is -0.268. The molecule has 1 saturated heterocycles. The molecule has 0 radical (unpaired) electrons. The molecule has 0 aromatic heterocycles. The number of likely N-dealkylation sites (N-methyl/N-ethyl adjacent to an activating group) is 1. The standard InChI is InChI=1S/C15H20Cl2N4O2.ClH/c1-20(10-14(23)21-7-5-18-6-8-21)9-13(22)19-15-11(16)3-2-4-12(15)17;/h2-4,18H,5-10H2,1H3,(H,19,22);1H. The molecule has 2 N–H and O–H groups in total. The van der Waals surface area contributed by atoms with E-state index in [0.717, 1.165) is 13.1 Å². The van der Waals surface area contributed by atoms with Crippen molar-refractivity contribution in [1.29, 1.82) is 0 Å². The molecule has 0 unspecified atom stereocenters. The van der Waals surface area contributed by atoms with Crippen molar-refractivity contribution in [2.24, 2.45) is 0 Å². The topological polar surface area (TPSA) is 64.7 Å². The molecule has 0 atom stereocenters. The predicted molar refractivity (Wildman–Crippen MR) is 99.3 cm³/mol. The molecule has 1 aromatic carbocycles. The van der Waals surface area contributed by atoms with Crippen LogP contribution in [-0.4, -0.2) is 67.9 Å². The first kappa shape index (κ1) is 21.0. The number of para-hydroxylation sites is 1. The fraction of sp³-hybridized carbons (Fsp3) is 0.467. The summed E-state index contributed by atoms with van der Waals surface area (Å²) < 4.78 is 0. The van der Waals surface area contributed by atoms with E-state index in [0.29, 0.717) is 28.8 Å². The zero-order chi connectivity index (χ0) is 16.8. The Bertz CT molecular complexity index is 560. The number of anilines is 1. The van der Waals surface area contributed by atoms with Crippen molar-refractivity contribution in [3.05, 3.63) is 28.2 Å². The molecule has 2 amide bonds. The van der Waals surface area contributed by atoms with Gasteiger partial charge in [-0.25, -0.2) is 0 Å². The Morgan fingerprint density at radius 2 is 1.79 bits per heavy atom. The Hall–Kier alpha value is -1.05. The van der Waals surface area contributed by atoms with Gasteiger partial charge in [0.05, 0.1) is 28.8 Å². The molecule has 0 spiro atoms. The lowest BCUT2D eigenvalue weighted by atomic mass is 10.3. The highest BCUT2D eigenvalue weighted by molar-refractivity contribution is 6.39. The molecular weight excluding hydrogens is 375 g/mol. The average molecular weight is 396 g/mol. The number of nitrogens with zero attached hydrogens (tertiary/aromatic N) is 2. The van der Waals surface area contributed by atoms with E-state index in [1.165, 1.54) is 0 Å². The van der Waals surface area contributed by atoms with Crippen LogP contribution in [0.1, 0.15) is 0 Å². The van der Waals surface area contributed by atoms with Crippen molar-refractivity contribution in [3.63, 3.8) is 0 Å². The van der Waals surface area contributed by atoms with Crippen LogP contribution in [0, 0.1) is 0 Å². The summed E-state index contributed by atoms with van der Waals surface area (Å²) in [7, 11) is 1.73. The third kappa shape index (κ3) is 6.11. The minimum Gasteiger partial charge on any atom is -0.339 e. The van der Waals surface area contributed by atoms with Crippen molar-refractivity contribution in [2.45, 2.75) is 0 Å². The van der Waals surface area contributed by atoms with Crippen molar-refractivity contribution in [3.8, 4) is 0 Å². The summed E-state index contributed by atoms with van der Waals surface area (Å²) >= 11 is 12.0. The molecule has 0 saturated carbocycles. The normalized spacial score (nSPS) is 14.2. The third-order valence-electron chi connectivity index (χ3n) is 3.52. The van der Waals surface area contributed by atoms with Crippen LogP contribution >= 0.6 is 35.6 Å². The number of halogens is 3. The second kappa shape index (κ2) is 10.1. The van der Waals surface area contributed by atoms with Crippen molar-refractivity contribution >= 4 is 53.1 Å². The lowest BCUT2D eigenvalue weighted by Gasteiger charge is -2.29. The van der Waals surface area contributed by atoms with Gasteiger partial charge < -0.3 is 15.5 Å². The number of nitrogens with one attached hydrogen (secondary N) is 2. The van der Waals surface area contributed by atoms with Gasteiger partial charge in [0.1, 0.15) is 0 Å². The zero-order valence-corrected chi connectivity index (χ0v) is 15.7. The summed E-state index contributed by atoms with van der Waals surface area (Å²) in [6.45, 7) is 3.30. The van der Waals surface area contributed by atoms with Crippen LogP contribution in [0.15, 0.2) is 18.2 Å². The summed E-state index contributed by atoms with van der Waals surface area (Å²) in [4.78, 5) is 27.7. The first-order valence-corrected chi connectivity index (χ1v) is 8.14. The highest BCUT2D eigenvalue weighted by Crippen LogP contribution is 2.29. The Kier molecular flexibility index (Phi) is 8.80. The van der Waals surface area contributed by atoms with Crippen LogP contribution in [0.3, 0.4) is 0 Å². The van der Waals surface area contributed by atoms with Crippen LogP contribution < -0.4 is 10.6 Å². The molecule has 0 bridgehead atoms. The molecule has 6 nitrogen and oxygen atoms in total. The fourth-order valence-corrected chi connectivity index (χ4v) is 2.83. The second-order valence-corrected chi connectivity index (χ2v) is 6.26. The van der Waals surface area contributed by atoms with Gasteiger partial charge in [-0.3, -0.25) is 14.5 Å². The summed E-state index contributed by atoms with van der Waals surface area (Å²) in [5.41, 5.74) is 0.391. The number of carbonyl (C=O) groups excluding carboxylic acids is 2. The van der Waals surface area contributed by atoms with E-state index in [4.69, 9.17) is 23.2 Å². The van der Waals surface area contributed by atoms with E-state index >= 15 is 0 Å². The molecule has 134 valence electrons. The van der Waals surface area contributed by atoms with Gasteiger partial charge in [-0.1, -0.05) is 29.3 Å². The maximum absolute atomic E-state index is 12.1. The Morgan fingerprint density at radius 3 is 2.38 bits per heavy atom. The van der Waals surface area contributed by atoms with Gasteiger partial charge >= 0.3 is 0 Å². The van der Waals surface area contributed by atoms with Crippen LogP contribution in [0.5, 0.6) is 0 Å². The van der Waals surface area contributed by atoms with Crippen molar-refractivity contribution in [2.75, 3.05) is 51.6 Å². The molecule has 1 aromatic rings. The SMILES string of the molecule is CN(CC(=O)Nc1c(Cl)cccc1Cl)CC(=O)N1CCNCC1.Cl. The van der Waals surface area contributed by atoms with E-state index in [1.54, 1.807) is 35.0 Å². The van der Waals surface area contributed by atoms with Gasteiger partial charge in [0.15, 0.2) is 0 Å². The zero-order valence-electron chi connectivity index (χ0n) is 13.3. The number of amides is 2. The largest absolute Gasteiger partial charge is 0.339 e. The minimum absolute atomic E-state index is 0. The predicted octanol–water partition coefficient (Wildman–Crippen LogP) is 1.72. The quantitative estimate of drug-likeness (QED) is 0.797. The van der Waals surface area contributed by atoms with Crippen LogP contribution in [-0.2, 0) is 9.59 Å². The Labute approximate surface area is 157 Å². The van der Waals surface area contributed by atoms with E-state index in [2.05, 4.69) is 10.6 Å².